The van der Waals surface area contributed by atoms with Crippen molar-refractivity contribution in [3.05, 3.63) is 24.0 Å². The molecule has 0 radical (unpaired) electrons. The molecular formula is C11H18N2O. The second-order valence-electron chi connectivity index (χ2n) is 4.25. The van der Waals surface area contributed by atoms with Crippen molar-refractivity contribution in [1.82, 2.24) is 10.3 Å². The van der Waals surface area contributed by atoms with E-state index in [9.17, 15) is 5.11 Å². The van der Waals surface area contributed by atoms with Crippen LogP contribution in [0.25, 0.3) is 0 Å². The van der Waals surface area contributed by atoms with Crippen LogP contribution in [0.4, 0.5) is 0 Å². The van der Waals surface area contributed by atoms with Crippen LogP contribution in [0, 0.1) is 0 Å². The van der Waals surface area contributed by atoms with Gasteiger partial charge in [0.05, 0.1) is 5.60 Å². The first-order valence-corrected chi connectivity index (χ1v) is 5.33. The van der Waals surface area contributed by atoms with Crippen LogP contribution in [0.5, 0.6) is 0 Å². The quantitative estimate of drug-likeness (QED) is 0.678. The molecule has 1 aromatic heterocycles. The Morgan fingerprint density at radius 2 is 2.21 bits per heavy atom. The van der Waals surface area contributed by atoms with Gasteiger partial charge in [-0.25, -0.2) is 0 Å². The van der Waals surface area contributed by atoms with Crippen molar-refractivity contribution >= 4 is 0 Å². The lowest BCUT2D eigenvalue weighted by Gasteiger charge is -2.22. The van der Waals surface area contributed by atoms with E-state index in [1.54, 1.807) is 0 Å². The number of aromatic amines is 1. The highest BCUT2D eigenvalue weighted by molar-refractivity contribution is 5.07. The van der Waals surface area contributed by atoms with E-state index >= 15 is 0 Å². The number of rotatable bonds is 4. The van der Waals surface area contributed by atoms with Crippen LogP contribution in [0.3, 0.4) is 0 Å². The standard InChI is InChI=1S/C11H18N2O/c14-11(4-1-2-5-11)9-13-8-10-3-6-12-7-10/h3,6-7,12-14H,1-2,4-5,8-9H2. The summed E-state index contributed by atoms with van der Waals surface area (Å²) < 4.78 is 0. The summed E-state index contributed by atoms with van der Waals surface area (Å²) in [5, 5.41) is 13.3. The third kappa shape index (κ3) is 2.36. The van der Waals surface area contributed by atoms with E-state index < -0.39 is 5.60 Å². The second kappa shape index (κ2) is 4.15. The zero-order valence-electron chi connectivity index (χ0n) is 8.42. The van der Waals surface area contributed by atoms with E-state index in [0.29, 0.717) is 0 Å². The van der Waals surface area contributed by atoms with Crippen molar-refractivity contribution in [2.24, 2.45) is 0 Å². The Morgan fingerprint density at radius 3 is 2.86 bits per heavy atom. The third-order valence-electron chi connectivity index (χ3n) is 2.98. The molecule has 0 aliphatic heterocycles. The maximum absolute atomic E-state index is 10.0. The molecule has 0 bridgehead atoms. The molecule has 0 spiro atoms. The zero-order valence-corrected chi connectivity index (χ0v) is 8.42. The van der Waals surface area contributed by atoms with E-state index in [1.165, 1.54) is 18.4 Å². The molecule has 0 unspecified atom stereocenters. The number of nitrogens with one attached hydrogen (secondary N) is 2. The van der Waals surface area contributed by atoms with Crippen molar-refractivity contribution in [2.75, 3.05) is 6.54 Å². The number of aliphatic hydroxyl groups is 1. The molecule has 0 saturated heterocycles. The Bertz CT molecular complexity index is 263. The van der Waals surface area contributed by atoms with Gasteiger partial charge in [-0.15, -0.1) is 0 Å². The van der Waals surface area contributed by atoms with Gasteiger partial charge in [0.25, 0.3) is 0 Å². The average Bonchev–Trinajstić information content (AvgIpc) is 2.77. The van der Waals surface area contributed by atoms with Gasteiger partial charge in [-0.1, -0.05) is 12.8 Å². The van der Waals surface area contributed by atoms with Crippen LogP contribution in [0.15, 0.2) is 18.5 Å². The molecule has 1 aromatic rings. The normalized spacial score (nSPS) is 20.1. The van der Waals surface area contributed by atoms with Gasteiger partial charge < -0.3 is 15.4 Å². The first-order valence-electron chi connectivity index (χ1n) is 5.33. The van der Waals surface area contributed by atoms with E-state index in [2.05, 4.69) is 10.3 Å². The monoisotopic (exact) mass is 194 g/mol. The summed E-state index contributed by atoms with van der Waals surface area (Å²) in [5.41, 5.74) is 0.808. The Hall–Kier alpha value is -0.800. The minimum atomic E-state index is -0.434. The number of hydrogen-bond donors (Lipinski definition) is 3. The SMILES string of the molecule is OC1(CNCc2cc[nH]c2)CCCC1. The van der Waals surface area contributed by atoms with Gasteiger partial charge in [-0.2, -0.15) is 0 Å². The lowest BCUT2D eigenvalue weighted by atomic mass is 10.0. The molecule has 1 aliphatic carbocycles. The van der Waals surface area contributed by atoms with Crippen molar-refractivity contribution < 1.29 is 5.11 Å². The molecule has 14 heavy (non-hydrogen) atoms. The average molecular weight is 194 g/mol. The van der Waals surface area contributed by atoms with E-state index in [1.807, 2.05) is 18.5 Å². The largest absolute Gasteiger partial charge is 0.389 e. The molecule has 0 amide bonds. The highest BCUT2D eigenvalue weighted by Crippen LogP contribution is 2.28. The fourth-order valence-corrected chi connectivity index (χ4v) is 2.12. The van der Waals surface area contributed by atoms with Crippen LogP contribution in [0.2, 0.25) is 0 Å². The Morgan fingerprint density at radius 1 is 1.43 bits per heavy atom. The van der Waals surface area contributed by atoms with Crippen molar-refractivity contribution in [3.63, 3.8) is 0 Å². The molecule has 1 heterocycles. The van der Waals surface area contributed by atoms with Crippen LogP contribution < -0.4 is 5.32 Å². The molecule has 78 valence electrons. The number of H-pyrrole nitrogens is 1. The molecule has 0 aromatic carbocycles. The minimum Gasteiger partial charge on any atom is -0.389 e. The van der Waals surface area contributed by atoms with E-state index in [4.69, 9.17) is 0 Å². The first kappa shape index (κ1) is 9.74. The summed E-state index contributed by atoms with van der Waals surface area (Å²) in [5.74, 6) is 0. The Labute approximate surface area is 84.5 Å². The summed E-state index contributed by atoms with van der Waals surface area (Å²) in [4.78, 5) is 3.02. The fourth-order valence-electron chi connectivity index (χ4n) is 2.12. The minimum absolute atomic E-state index is 0.434. The smallest absolute Gasteiger partial charge is 0.0771 e. The third-order valence-corrected chi connectivity index (χ3v) is 2.98. The van der Waals surface area contributed by atoms with Crippen molar-refractivity contribution in [3.8, 4) is 0 Å². The molecule has 2 rings (SSSR count). The summed E-state index contributed by atoms with van der Waals surface area (Å²) in [7, 11) is 0. The molecule has 3 heteroatoms. The molecular weight excluding hydrogens is 176 g/mol. The number of hydrogen-bond acceptors (Lipinski definition) is 2. The van der Waals surface area contributed by atoms with Crippen molar-refractivity contribution in [1.29, 1.82) is 0 Å². The summed E-state index contributed by atoms with van der Waals surface area (Å²) >= 11 is 0. The predicted octanol–water partition coefficient (Wildman–Crippen LogP) is 1.41. The summed E-state index contributed by atoms with van der Waals surface area (Å²) in [6.07, 6.45) is 8.14. The van der Waals surface area contributed by atoms with E-state index in [-0.39, 0.29) is 0 Å². The molecule has 1 aliphatic rings. The van der Waals surface area contributed by atoms with Gasteiger partial charge in [0.2, 0.25) is 0 Å². The molecule has 1 fully saturated rings. The van der Waals surface area contributed by atoms with Gasteiger partial charge in [-0.05, 0) is 24.5 Å². The fraction of sp³-hybridized carbons (Fsp3) is 0.636. The Balaban J connectivity index is 1.72. The van der Waals surface area contributed by atoms with Gasteiger partial charge in [0.15, 0.2) is 0 Å². The molecule has 3 nitrogen and oxygen atoms in total. The Kier molecular flexibility index (Phi) is 2.89. The van der Waals surface area contributed by atoms with Gasteiger partial charge in [0, 0.05) is 25.5 Å². The molecule has 1 saturated carbocycles. The summed E-state index contributed by atoms with van der Waals surface area (Å²) in [6.45, 7) is 1.56. The van der Waals surface area contributed by atoms with Crippen LogP contribution in [0.1, 0.15) is 31.2 Å². The topological polar surface area (TPSA) is 48.0 Å². The van der Waals surface area contributed by atoms with Crippen LogP contribution >= 0.6 is 0 Å². The van der Waals surface area contributed by atoms with Crippen molar-refractivity contribution in [2.45, 2.75) is 37.8 Å². The first-order chi connectivity index (χ1) is 6.79. The van der Waals surface area contributed by atoms with Gasteiger partial charge >= 0.3 is 0 Å². The molecule has 0 atom stereocenters. The van der Waals surface area contributed by atoms with Gasteiger partial charge in [-0.3, -0.25) is 0 Å². The van der Waals surface area contributed by atoms with Crippen LogP contribution in [-0.4, -0.2) is 22.2 Å². The highest BCUT2D eigenvalue weighted by atomic mass is 16.3. The maximum atomic E-state index is 10.0. The summed E-state index contributed by atoms with van der Waals surface area (Å²) in [6, 6.07) is 2.05. The zero-order chi connectivity index (χ0) is 9.86. The predicted molar refractivity (Wildman–Crippen MR) is 55.9 cm³/mol. The van der Waals surface area contributed by atoms with Gasteiger partial charge in [0.1, 0.15) is 0 Å². The lowest BCUT2D eigenvalue weighted by Crippen LogP contribution is -2.37. The second-order valence-corrected chi connectivity index (χ2v) is 4.25. The maximum Gasteiger partial charge on any atom is 0.0771 e. The van der Waals surface area contributed by atoms with Crippen LogP contribution in [-0.2, 0) is 6.54 Å². The highest BCUT2D eigenvalue weighted by Gasteiger charge is 2.30. The number of aromatic nitrogens is 1. The van der Waals surface area contributed by atoms with E-state index in [0.717, 1.165) is 25.9 Å². The lowest BCUT2D eigenvalue weighted by molar-refractivity contribution is 0.0475. The molecule has 3 N–H and O–H groups in total.